The lowest BCUT2D eigenvalue weighted by Gasteiger charge is -2.43. The summed E-state index contributed by atoms with van der Waals surface area (Å²) in [4.78, 5) is 2.91. The van der Waals surface area contributed by atoms with Crippen molar-refractivity contribution in [2.45, 2.75) is 50.5 Å². The van der Waals surface area contributed by atoms with Crippen molar-refractivity contribution in [3.8, 4) is 0 Å². The molecule has 0 bridgehead atoms. The van der Waals surface area contributed by atoms with E-state index in [-0.39, 0.29) is 13.2 Å². The highest BCUT2D eigenvalue weighted by Crippen LogP contribution is 2.29. The second-order valence-corrected chi connectivity index (χ2v) is 8.28. The standard InChI is InChI=1S/C27H29N3O5/c28-30-29-24-26(34-18-22-14-8-3-9-15-22)25(33-17-21-12-6-2-7-13-21)23(35-27(24)31)19-32-16-20-10-4-1-5-11-20/h1-15,23-27,31H,16-19H2/t23-,24-,25+,26-,27+/m1/s1. The Morgan fingerprint density at radius 3 is 1.74 bits per heavy atom. The minimum absolute atomic E-state index is 0.166. The Hall–Kier alpha value is -3.23. The van der Waals surface area contributed by atoms with E-state index < -0.39 is 30.6 Å². The molecule has 5 atom stereocenters. The zero-order valence-electron chi connectivity index (χ0n) is 19.3. The third-order valence-corrected chi connectivity index (χ3v) is 5.78. The molecule has 0 amide bonds. The van der Waals surface area contributed by atoms with E-state index >= 15 is 0 Å². The fraction of sp³-hybridized carbons (Fsp3) is 0.333. The van der Waals surface area contributed by atoms with Crippen LogP contribution in [0, 0.1) is 0 Å². The van der Waals surface area contributed by atoms with Crippen LogP contribution in [0.15, 0.2) is 96.1 Å². The fourth-order valence-corrected chi connectivity index (χ4v) is 4.02. The molecule has 0 unspecified atom stereocenters. The molecule has 1 aliphatic heterocycles. The minimum atomic E-state index is -1.35. The van der Waals surface area contributed by atoms with Gasteiger partial charge >= 0.3 is 0 Å². The summed E-state index contributed by atoms with van der Waals surface area (Å²) in [6.07, 6.45) is -3.38. The molecule has 1 heterocycles. The SMILES string of the molecule is [N-]=[N+]=N[C@@H]1[C@@H](OCc2ccccc2)[C@@H](OCc2ccccc2)[C@@H](COCc2ccccc2)O[C@@H]1O. The molecule has 35 heavy (non-hydrogen) atoms. The summed E-state index contributed by atoms with van der Waals surface area (Å²) in [5, 5.41) is 14.5. The second kappa shape index (κ2) is 13.0. The van der Waals surface area contributed by atoms with Gasteiger partial charge in [-0.1, -0.05) is 96.1 Å². The lowest BCUT2D eigenvalue weighted by atomic mass is 9.96. The predicted octanol–water partition coefficient (Wildman–Crippen LogP) is 4.77. The third kappa shape index (κ3) is 7.13. The molecule has 4 rings (SSSR count). The van der Waals surface area contributed by atoms with Crippen LogP contribution in [0.4, 0.5) is 0 Å². The van der Waals surface area contributed by atoms with Gasteiger partial charge in [-0.25, -0.2) is 0 Å². The maximum absolute atomic E-state index is 10.7. The first-order valence-electron chi connectivity index (χ1n) is 11.5. The quantitative estimate of drug-likeness (QED) is 0.244. The van der Waals surface area contributed by atoms with Crippen molar-refractivity contribution in [2.24, 2.45) is 5.11 Å². The van der Waals surface area contributed by atoms with E-state index in [4.69, 9.17) is 24.5 Å². The lowest BCUT2D eigenvalue weighted by molar-refractivity contribution is -0.273. The maximum atomic E-state index is 10.7. The summed E-state index contributed by atoms with van der Waals surface area (Å²) >= 11 is 0. The molecule has 1 fully saturated rings. The van der Waals surface area contributed by atoms with E-state index in [0.29, 0.717) is 13.2 Å². The maximum Gasteiger partial charge on any atom is 0.166 e. The summed E-state index contributed by atoms with van der Waals surface area (Å²) in [5.74, 6) is 0. The largest absolute Gasteiger partial charge is 0.374 e. The number of aliphatic hydroxyl groups excluding tert-OH is 1. The molecule has 0 spiro atoms. The number of hydrogen-bond donors (Lipinski definition) is 1. The minimum Gasteiger partial charge on any atom is -0.374 e. The van der Waals surface area contributed by atoms with Crippen LogP contribution in [0.1, 0.15) is 16.7 Å². The number of hydrogen-bond acceptors (Lipinski definition) is 6. The molecule has 1 aliphatic rings. The van der Waals surface area contributed by atoms with Gasteiger partial charge in [-0.05, 0) is 22.2 Å². The van der Waals surface area contributed by atoms with Crippen LogP contribution < -0.4 is 0 Å². The molecular weight excluding hydrogens is 446 g/mol. The zero-order valence-corrected chi connectivity index (χ0v) is 19.3. The van der Waals surface area contributed by atoms with E-state index in [1.165, 1.54) is 0 Å². The third-order valence-electron chi connectivity index (χ3n) is 5.78. The van der Waals surface area contributed by atoms with Gasteiger partial charge in [0.25, 0.3) is 0 Å². The number of aliphatic hydroxyl groups is 1. The molecule has 0 aromatic heterocycles. The number of benzene rings is 3. The zero-order chi connectivity index (χ0) is 24.3. The van der Waals surface area contributed by atoms with Gasteiger partial charge < -0.3 is 24.1 Å². The van der Waals surface area contributed by atoms with Crippen molar-refractivity contribution in [3.05, 3.63) is 118 Å². The van der Waals surface area contributed by atoms with Gasteiger partial charge in [0.15, 0.2) is 6.29 Å². The van der Waals surface area contributed by atoms with Crippen molar-refractivity contribution >= 4 is 0 Å². The van der Waals surface area contributed by atoms with Gasteiger partial charge in [0.1, 0.15) is 24.4 Å². The summed E-state index contributed by atoms with van der Waals surface area (Å²) in [5.41, 5.74) is 12.1. The van der Waals surface area contributed by atoms with E-state index in [2.05, 4.69) is 10.0 Å². The van der Waals surface area contributed by atoms with Gasteiger partial charge in [-0.2, -0.15) is 0 Å². The van der Waals surface area contributed by atoms with E-state index in [1.54, 1.807) is 0 Å². The Labute approximate surface area is 204 Å². The topological polar surface area (TPSA) is 106 Å². The number of azide groups is 1. The highest BCUT2D eigenvalue weighted by molar-refractivity contribution is 5.15. The summed E-state index contributed by atoms with van der Waals surface area (Å²) in [7, 11) is 0. The molecule has 1 saturated heterocycles. The molecule has 8 heteroatoms. The van der Waals surface area contributed by atoms with E-state index in [9.17, 15) is 5.11 Å². The Kier molecular flexibility index (Phi) is 9.25. The van der Waals surface area contributed by atoms with Gasteiger partial charge in [0.2, 0.25) is 0 Å². The molecule has 0 aliphatic carbocycles. The molecule has 182 valence electrons. The fourth-order valence-electron chi connectivity index (χ4n) is 4.02. The van der Waals surface area contributed by atoms with Gasteiger partial charge in [0.05, 0.1) is 26.4 Å². The van der Waals surface area contributed by atoms with Crippen LogP contribution >= 0.6 is 0 Å². The Morgan fingerprint density at radius 2 is 1.23 bits per heavy atom. The first kappa shape index (κ1) is 24.9. The average Bonchev–Trinajstić information content (AvgIpc) is 2.90. The highest BCUT2D eigenvalue weighted by Gasteiger charge is 2.46. The average molecular weight is 476 g/mol. The predicted molar refractivity (Wildman–Crippen MR) is 130 cm³/mol. The Morgan fingerprint density at radius 1 is 0.743 bits per heavy atom. The highest BCUT2D eigenvalue weighted by atomic mass is 16.7. The van der Waals surface area contributed by atoms with Crippen LogP contribution in [0.25, 0.3) is 10.4 Å². The van der Waals surface area contributed by atoms with Crippen molar-refractivity contribution in [2.75, 3.05) is 6.61 Å². The lowest BCUT2D eigenvalue weighted by Crippen LogP contribution is -2.59. The monoisotopic (exact) mass is 475 g/mol. The van der Waals surface area contributed by atoms with E-state index in [0.717, 1.165) is 16.7 Å². The number of nitrogens with zero attached hydrogens (tertiary/aromatic N) is 3. The molecule has 0 radical (unpaired) electrons. The molecule has 3 aromatic rings. The number of ether oxygens (including phenoxy) is 4. The summed E-state index contributed by atoms with van der Waals surface area (Å²) in [6.45, 7) is 1.11. The second-order valence-electron chi connectivity index (χ2n) is 8.28. The first-order valence-corrected chi connectivity index (χ1v) is 11.5. The van der Waals surface area contributed by atoms with Crippen molar-refractivity contribution in [1.29, 1.82) is 0 Å². The van der Waals surface area contributed by atoms with Crippen molar-refractivity contribution < 1.29 is 24.1 Å². The van der Waals surface area contributed by atoms with Crippen LogP contribution in [0.5, 0.6) is 0 Å². The van der Waals surface area contributed by atoms with Crippen molar-refractivity contribution in [3.63, 3.8) is 0 Å². The molecule has 1 N–H and O–H groups in total. The smallest absolute Gasteiger partial charge is 0.166 e. The Balaban J connectivity index is 1.52. The van der Waals surface area contributed by atoms with Gasteiger partial charge in [-0.3, -0.25) is 0 Å². The van der Waals surface area contributed by atoms with Crippen LogP contribution in [-0.4, -0.2) is 42.4 Å². The Bertz CT molecular complexity index is 1060. The van der Waals surface area contributed by atoms with Crippen molar-refractivity contribution in [1.82, 2.24) is 0 Å². The van der Waals surface area contributed by atoms with Gasteiger partial charge in [0, 0.05) is 4.91 Å². The molecule has 3 aromatic carbocycles. The summed E-state index contributed by atoms with van der Waals surface area (Å²) < 4.78 is 24.3. The molecular formula is C27H29N3O5. The van der Waals surface area contributed by atoms with Crippen LogP contribution in [0.2, 0.25) is 0 Å². The number of rotatable bonds is 11. The molecule has 8 nitrogen and oxygen atoms in total. The summed E-state index contributed by atoms with van der Waals surface area (Å²) in [6, 6.07) is 28.2. The van der Waals surface area contributed by atoms with Crippen LogP contribution in [0.3, 0.4) is 0 Å². The van der Waals surface area contributed by atoms with Gasteiger partial charge in [-0.15, -0.1) is 0 Å². The normalized spacial score (nSPS) is 24.0. The van der Waals surface area contributed by atoms with Crippen LogP contribution in [-0.2, 0) is 38.8 Å². The van der Waals surface area contributed by atoms with E-state index in [1.807, 2.05) is 91.0 Å². The molecule has 0 saturated carbocycles. The first-order chi connectivity index (χ1) is 17.2.